The second-order valence-electron chi connectivity index (χ2n) is 6.79. The summed E-state index contributed by atoms with van der Waals surface area (Å²) in [7, 11) is 4.14. The topological polar surface area (TPSA) is 44.4 Å². The van der Waals surface area contributed by atoms with Crippen molar-refractivity contribution in [1.29, 1.82) is 0 Å². The molecular weight excluding hydrogens is 310 g/mol. The van der Waals surface area contributed by atoms with Gasteiger partial charge in [0.15, 0.2) is 0 Å². The van der Waals surface area contributed by atoms with E-state index in [-0.39, 0.29) is 11.8 Å². The lowest BCUT2D eigenvalue weighted by Crippen LogP contribution is -2.35. The number of benzene rings is 2. The molecule has 0 aromatic heterocycles. The molecule has 0 heterocycles. The highest BCUT2D eigenvalue weighted by molar-refractivity contribution is 5.96. The van der Waals surface area contributed by atoms with E-state index < -0.39 is 0 Å². The first-order valence-electron chi connectivity index (χ1n) is 8.98. The minimum atomic E-state index is 0.141. The number of carbonyl (C=O) groups is 1. The molecule has 0 unspecified atom stereocenters. The van der Waals surface area contributed by atoms with Gasteiger partial charge in [-0.25, -0.2) is 0 Å². The molecule has 0 bridgehead atoms. The van der Waals surface area contributed by atoms with Crippen LogP contribution in [0.5, 0.6) is 0 Å². The first kappa shape index (κ1) is 17.5. The molecule has 0 saturated carbocycles. The van der Waals surface area contributed by atoms with E-state index in [1.165, 1.54) is 22.0 Å². The lowest BCUT2D eigenvalue weighted by atomic mass is 10.0. The number of hydrogen-bond donors (Lipinski definition) is 2. The number of rotatable bonds is 7. The maximum Gasteiger partial charge on any atom is 0.223 e. The highest BCUT2D eigenvalue weighted by Crippen LogP contribution is 2.27. The van der Waals surface area contributed by atoms with Crippen molar-refractivity contribution in [3.8, 4) is 0 Å². The fourth-order valence-electron chi connectivity index (χ4n) is 3.38. The SMILES string of the molecule is CN(C)c1cccc2c(CNCCNC(=O)C3CC=CC3)cccc12. The van der Waals surface area contributed by atoms with E-state index in [1.54, 1.807) is 0 Å². The summed E-state index contributed by atoms with van der Waals surface area (Å²) in [6.07, 6.45) is 5.93. The number of fused-ring (bicyclic) bond motifs is 1. The maximum atomic E-state index is 12.0. The Kier molecular flexibility index (Phi) is 5.71. The number of hydrogen-bond acceptors (Lipinski definition) is 3. The Bertz CT molecular complexity index is 759. The summed E-state index contributed by atoms with van der Waals surface area (Å²) in [4.78, 5) is 14.1. The molecule has 2 aromatic rings. The van der Waals surface area contributed by atoms with Gasteiger partial charge in [-0.15, -0.1) is 0 Å². The van der Waals surface area contributed by atoms with Gasteiger partial charge in [0, 0.05) is 50.7 Å². The van der Waals surface area contributed by atoms with Crippen molar-refractivity contribution in [2.45, 2.75) is 19.4 Å². The Labute approximate surface area is 149 Å². The van der Waals surface area contributed by atoms with Gasteiger partial charge in [-0.1, -0.05) is 42.5 Å². The van der Waals surface area contributed by atoms with E-state index >= 15 is 0 Å². The number of anilines is 1. The van der Waals surface area contributed by atoms with Crippen molar-refractivity contribution in [3.05, 3.63) is 54.1 Å². The third-order valence-corrected chi connectivity index (χ3v) is 4.77. The molecule has 0 atom stereocenters. The van der Waals surface area contributed by atoms with Gasteiger partial charge in [0.25, 0.3) is 0 Å². The van der Waals surface area contributed by atoms with E-state index in [1.807, 2.05) is 0 Å². The monoisotopic (exact) mass is 337 g/mol. The molecular formula is C21H27N3O. The minimum Gasteiger partial charge on any atom is -0.377 e. The zero-order chi connectivity index (χ0) is 17.6. The van der Waals surface area contributed by atoms with Gasteiger partial charge >= 0.3 is 0 Å². The van der Waals surface area contributed by atoms with Crippen LogP contribution in [-0.4, -0.2) is 33.1 Å². The third-order valence-electron chi connectivity index (χ3n) is 4.77. The summed E-state index contributed by atoms with van der Waals surface area (Å²) < 4.78 is 0. The molecule has 0 radical (unpaired) electrons. The van der Waals surface area contributed by atoms with Crippen LogP contribution in [0, 0.1) is 5.92 Å². The van der Waals surface area contributed by atoms with Crippen LogP contribution in [0.25, 0.3) is 10.8 Å². The molecule has 4 heteroatoms. The molecule has 1 aliphatic carbocycles. The smallest absolute Gasteiger partial charge is 0.223 e. The van der Waals surface area contributed by atoms with E-state index in [0.29, 0.717) is 6.54 Å². The van der Waals surface area contributed by atoms with Gasteiger partial charge in [0.05, 0.1) is 0 Å². The summed E-state index contributed by atoms with van der Waals surface area (Å²) in [5, 5.41) is 9.02. The number of carbonyl (C=O) groups excluding carboxylic acids is 1. The summed E-state index contributed by atoms with van der Waals surface area (Å²) in [5.41, 5.74) is 2.52. The zero-order valence-corrected chi connectivity index (χ0v) is 15.1. The Morgan fingerprint density at radius 1 is 1.04 bits per heavy atom. The van der Waals surface area contributed by atoms with Gasteiger partial charge in [-0.2, -0.15) is 0 Å². The van der Waals surface area contributed by atoms with Crippen LogP contribution < -0.4 is 15.5 Å². The summed E-state index contributed by atoms with van der Waals surface area (Å²) in [6, 6.07) is 12.9. The van der Waals surface area contributed by atoms with Crippen LogP contribution in [0.3, 0.4) is 0 Å². The van der Waals surface area contributed by atoms with Crippen LogP contribution in [0.2, 0.25) is 0 Å². The fraction of sp³-hybridized carbons (Fsp3) is 0.381. The van der Waals surface area contributed by atoms with Crippen molar-refractivity contribution in [3.63, 3.8) is 0 Å². The van der Waals surface area contributed by atoms with Crippen molar-refractivity contribution in [1.82, 2.24) is 10.6 Å². The first-order valence-corrected chi connectivity index (χ1v) is 8.98. The molecule has 3 rings (SSSR count). The van der Waals surface area contributed by atoms with Crippen molar-refractivity contribution in [2.75, 3.05) is 32.1 Å². The highest BCUT2D eigenvalue weighted by Gasteiger charge is 2.18. The van der Waals surface area contributed by atoms with Crippen LogP contribution in [0.4, 0.5) is 5.69 Å². The Morgan fingerprint density at radius 3 is 2.52 bits per heavy atom. The Morgan fingerprint density at radius 2 is 1.76 bits per heavy atom. The van der Waals surface area contributed by atoms with E-state index in [9.17, 15) is 4.79 Å². The number of nitrogens with zero attached hydrogens (tertiary/aromatic N) is 1. The lowest BCUT2D eigenvalue weighted by Gasteiger charge is -2.17. The molecule has 0 saturated heterocycles. The molecule has 0 aliphatic heterocycles. The standard InChI is InChI=1S/C21H27N3O/c1-24(2)20-12-6-10-18-17(9-5-11-19(18)20)15-22-13-14-23-21(25)16-7-3-4-8-16/h3-6,9-12,16,22H,7-8,13-15H2,1-2H3,(H,23,25). The Hall–Kier alpha value is -2.33. The number of amides is 1. The van der Waals surface area contributed by atoms with Gasteiger partial charge in [-0.05, 0) is 29.9 Å². The van der Waals surface area contributed by atoms with Crippen molar-refractivity contribution in [2.24, 2.45) is 5.92 Å². The normalized spacial score (nSPS) is 14.2. The molecule has 2 aromatic carbocycles. The second kappa shape index (κ2) is 8.17. The zero-order valence-electron chi connectivity index (χ0n) is 15.1. The molecule has 1 aliphatic rings. The second-order valence-corrected chi connectivity index (χ2v) is 6.79. The molecule has 25 heavy (non-hydrogen) atoms. The average molecular weight is 337 g/mol. The van der Waals surface area contributed by atoms with E-state index in [2.05, 4.69) is 78.2 Å². The van der Waals surface area contributed by atoms with Gasteiger partial charge in [-0.3, -0.25) is 4.79 Å². The molecule has 0 spiro atoms. The summed E-state index contributed by atoms with van der Waals surface area (Å²) in [5.74, 6) is 0.315. The number of allylic oxidation sites excluding steroid dienone is 2. The van der Waals surface area contributed by atoms with Gasteiger partial charge in [0.2, 0.25) is 5.91 Å². The predicted octanol–water partition coefficient (Wildman–Crippen LogP) is 3.08. The fourth-order valence-corrected chi connectivity index (χ4v) is 3.38. The molecule has 132 valence electrons. The first-order chi connectivity index (χ1) is 12.2. The van der Waals surface area contributed by atoms with Gasteiger partial charge < -0.3 is 15.5 Å². The quantitative estimate of drug-likeness (QED) is 0.603. The van der Waals surface area contributed by atoms with Crippen LogP contribution in [-0.2, 0) is 11.3 Å². The molecule has 4 nitrogen and oxygen atoms in total. The van der Waals surface area contributed by atoms with Crippen molar-refractivity contribution >= 4 is 22.4 Å². The van der Waals surface area contributed by atoms with Crippen LogP contribution >= 0.6 is 0 Å². The van der Waals surface area contributed by atoms with E-state index in [4.69, 9.17) is 0 Å². The van der Waals surface area contributed by atoms with Crippen LogP contribution in [0.1, 0.15) is 18.4 Å². The largest absolute Gasteiger partial charge is 0.377 e. The number of nitrogens with one attached hydrogen (secondary N) is 2. The molecule has 0 fully saturated rings. The molecule has 1 amide bonds. The molecule has 2 N–H and O–H groups in total. The highest BCUT2D eigenvalue weighted by atomic mass is 16.1. The van der Waals surface area contributed by atoms with Crippen LogP contribution in [0.15, 0.2) is 48.6 Å². The third kappa shape index (κ3) is 4.20. The van der Waals surface area contributed by atoms with Crippen molar-refractivity contribution < 1.29 is 4.79 Å². The summed E-state index contributed by atoms with van der Waals surface area (Å²) >= 11 is 0. The average Bonchev–Trinajstić information content (AvgIpc) is 3.15. The Balaban J connectivity index is 1.53. The van der Waals surface area contributed by atoms with Gasteiger partial charge in [0.1, 0.15) is 0 Å². The van der Waals surface area contributed by atoms with E-state index in [0.717, 1.165) is 25.9 Å². The minimum absolute atomic E-state index is 0.141. The lowest BCUT2D eigenvalue weighted by molar-refractivity contribution is -0.124. The summed E-state index contributed by atoms with van der Waals surface area (Å²) in [6.45, 7) is 2.24. The predicted molar refractivity (Wildman–Crippen MR) is 105 cm³/mol. The maximum absolute atomic E-state index is 12.0.